The number of rotatable bonds is 7. The smallest absolute Gasteiger partial charge is 0.146 e. The predicted molar refractivity (Wildman–Crippen MR) is 127 cm³/mol. The molecule has 5 heteroatoms. The summed E-state index contributed by atoms with van der Waals surface area (Å²) < 4.78 is 5.64. The first-order valence-corrected chi connectivity index (χ1v) is 10.9. The molecule has 0 radical (unpaired) electrons. The van der Waals surface area contributed by atoms with Crippen LogP contribution in [0, 0.1) is 5.41 Å². The van der Waals surface area contributed by atoms with Crippen LogP contribution in [0.1, 0.15) is 66.0 Å². The van der Waals surface area contributed by atoms with Crippen molar-refractivity contribution in [2.45, 2.75) is 66.7 Å². The van der Waals surface area contributed by atoms with Gasteiger partial charge >= 0.3 is 0 Å². The molecule has 166 valence electrons. The van der Waals surface area contributed by atoms with Gasteiger partial charge in [0.05, 0.1) is 12.9 Å². The number of phenolic OH excluding ortho intramolecular Hbond substituents is 1. The van der Waals surface area contributed by atoms with Gasteiger partial charge in [-0.15, -0.1) is 15.0 Å². The van der Waals surface area contributed by atoms with Crippen LogP contribution in [-0.4, -0.2) is 26.7 Å². The number of aromatic nitrogens is 3. The van der Waals surface area contributed by atoms with Crippen LogP contribution in [0.3, 0.4) is 0 Å². The van der Waals surface area contributed by atoms with Crippen LogP contribution in [0.4, 0.5) is 0 Å². The Balaban J connectivity index is 2.07. The van der Waals surface area contributed by atoms with Crippen LogP contribution >= 0.6 is 0 Å². The normalized spacial score (nSPS) is 12.2. The average molecular weight is 422 g/mol. The van der Waals surface area contributed by atoms with Crippen LogP contribution in [0.25, 0.3) is 16.7 Å². The van der Waals surface area contributed by atoms with Crippen molar-refractivity contribution in [3.05, 3.63) is 59.4 Å². The minimum atomic E-state index is -0.0806. The quantitative estimate of drug-likeness (QED) is 0.358. The maximum atomic E-state index is 11.1. The van der Waals surface area contributed by atoms with E-state index in [1.807, 2.05) is 44.2 Å². The van der Waals surface area contributed by atoms with E-state index in [0.717, 1.165) is 34.2 Å². The fourth-order valence-corrected chi connectivity index (χ4v) is 4.20. The monoisotopic (exact) mass is 421 g/mol. The lowest BCUT2D eigenvalue weighted by Gasteiger charge is -2.33. The topological polar surface area (TPSA) is 60.2 Å². The van der Waals surface area contributed by atoms with Gasteiger partial charge in [-0.2, -0.15) is 0 Å². The molecule has 0 aliphatic carbocycles. The van der Waals surface area contributed by atoms with E-state index >= 15 is 0 Å². The molecule has 0 spiro atoms. The zero-order chi connectivity index (χ0) is 22.8. The molecule has 0 saturated heterocycles. The van der Waals surface area contributed by atoms with Crippen LogP contribution in [0.2, 0.25) is 0 Å². The number of aromatic hydroxyl groups is 1. The minimum Gasteiger partial charge on any atom is -0.505 e. The van der Waals surface area contributed by atoms with Gasteiger partial charge in [0.25, 0.3) is 0 Å². The summed E-state index contributed by atoms with van der Waals surface area (Å²) in [5, 5.41) is 20.3. The second kappa shape index (κ2) is 8.74. The zero-order valence-corrected chi connectivity index (χ0v) is 19.9. The Morgan fingerprint density at radius 2 is 1.65 bits per heavy atom. The summed E-state index contributed by atoms with van der Waals surface area (Å²) in [6.07, 6.45) is 3.36. The van der Waals surface area contributed by atoms with Crippen molar-refractivity contribution in [1.29, 1.82) is 0 Å². The SMILES string of the molecule is CC(C)=COCCc1cc(C(C)(C)CC(C)(C)C)cc(-n2nc3ccccc3n2)c1O. The Hall–Kier alpha value is -2.82. The van der Waals surface area contributed by atoms with E-state index in [2.05, 4.69) is 50.9 Å². The molecule has 1 aromatic heterocycles. The summed E-state index contributed by atoms with van der Waals surface area (Å²) >= 11 is 0. The number of hydrogen-bond donors (Lipinski definition) is 1. The summed E-state index contributed by atoms with van der Waals surface area (Å²) in [6.45, 7) is 15.8. The minimum absolute atomic E-state index is 0.0806. The summed E-state index contributed by atoms with van der Waals surface area (Å²) in [6, 6.07) is 11.9. The Morgan fingerprint density at radius 3 is 2.19 bits per heavy atom. The van der Waals surface area contributed by atoms with E-state index in [9.17, 15) is 5.11 Å². The fourth-order valence-electron chi connectivity index (χ4n) is 4.20. The van der Waals surface area contributed by atoms with Crippen LogP contribution < -0.4 is 0 Å². The maximum Gasteiger partial charge on any atom is 0.146 e. The molecule has 0 bridgehead atoms. The van der Waals surface area contributed by atoms with Gasteiger partial charge in [-0.05, 0) is 66.0 Å². The average Bonchev–Trinajstić information content (AvgIpc) is 3.08. The van der Waals surface area contributed by atoms with Crippen molar-refractivity contribution in [3.63, 3.8) is 0 Å². The molecule has 3 rings (SSSR count). The maximum absolute atomic E-state index is 11.1. The van der Waals surface area contributed by atoms with Crippen molar-refractivity contribution in [3.8, 4) is 11.4 Å². The van der Waals surface area contributed by atoms with Crippen molar-refractivity contribution >= 4 is 11.0 Å². The number of hydrogen-bond acceptors (Lipinski definition) is 4. The zero-order valence-electron chi connectivity index (χ0n) is 19.9. The number of allylic oxidation sites excluding steroid dienone is 1. The number of fused-ring (bicyclic) bond motifs is 1. The standard InChI is InChI=1S/C26H35N3O2/c1-18(2)16-31-13-12-19-14-20(26(6,7)17-25(3,4)5)15-23(24(19)30)29-27-21-10-8-9-11-22(21)28-29/h8-11,14-16,30H,12-13,17H2,1-7H3. The number of ether oxygens (including phenoxy) is 1. The first-order chi connectivity index (χ1) is 14.5. The molecule has 1 heterocycles. The van der Waals surface area contributed by atoms with Crippen LogP contribution in [0.15, 0.2) is 48.2 Å². The molecule has 0 saturated carbocycles. The van der Waals surface area contributed by atoms with Gasteiger partial charge in [-0.3, -0.25) is 0 Å². The highest BCUT2D eigenvalue weighted by molar-refractivity contribution is 5.73. The molecule has 0 amide bonds. The lowest BCUT2D eigenvalue weighted by Crippen LogP contribution is -2.25. The Labute approximate surface area is 185 Å². The van der Waals surface area contributed by atoms with E-state index < -0.39 is 0 Å². The summed E-state index contributed by atoms with van der Waals surface area (Å²) in [5.41, 5.74) is 5.41. The van der Waals surface area contributed by atoms with E-state index in [-0.39, 0.29) is 16.6 Å². The van der Waals surface area contributed by atoms with Gasteiger partial charge in [-0.1, -0.05) is 52.8 Å². The number of nitrogens with zero attached hydrogens (tertiary/aromatic N) is 3. The highest BCUT2D eigenvalue weighted by atomic mass is 16.5. The second-order valence-corrected chi connectivity index (χ2v) is 10.4. The molecule has 2 aromatic carbocycles. The molecule has 31 heavy (non-hydrogen) atoms. The van der Waals surface area contributed by atoms with Gasteiger partial charge in [0.15, 0.2) is 0 Å². The fraction of sp³-hybridized carbons (Fsp3) is 0.462. The molecule has 0 fully saturated rings. The number of phenols is 1. The lowest BCUT2D eigenvalue weighted by molar-refractivity contribution is 0.249. The van der Waals surface area contributed by atoms with E-state index in [1.54, 1.807) is 11.1 Å². The Morgan fingerprint density at radius 1 is 1.03 bits per heavy atom. The molecular weight excluding hydrogens is 386 g/mol. The molecule has 0 aliphatic heterocycles. The van der Waals surface area contributed by atoms with Crippen molar-refractivity contribution in [1.82, 2.24) is 15.0 Å². The molecule has 0 atom stereocenters. The highest BCUT2D eigenvalue weighted by Gasteiger charge is 2.29. The van der Waals surface area contributed by atoms with E-state index in [0.29, 0.717) is 18.7 Å². The summed E-state index contributed by atoms with van der Waals surface area (Å²) in [4.78, 5) is 1.55. The Bertz CT molecular complexity index is 1050. The molecule has 1 N–H and O–H groups in total. The predicted octanol–water partition coefficient (Wildman–Crippen LogP) is 6.32. The molecule has 0 unspecified atom stereocenters. The summed E-state index contributed by atoms with van der Waals surface area (Å²) in [7, 11) is 0. The molecule has 5 nitrogen and oxygen atoms in total. The van der Waals surface area contributed by atoms with Gasteiger partial charge < -0.3 is 9.84 Å². The number of benzene rings is 2. The Kier molecular flexibility index (Phi) is 6.44. The lowest BCUT2D eigenvalue weighted by atomic mass is 9.72. The largest absolute Gasteiger partial charge is 0.505 e. The van der Waals surface area contributed by atoms with Crippen molar-refractivity contribution in [2.24, 2.45) is 5.41 Å². The third kappa shape index (κ3) is 5.66. The first kappa shape index (κ1) is 22.9. The van der Waals surface area contributed by atoms with E-state index in [1.165, 1.54) is 0 Å². The highest BCUT2D eigenvalue weighted by Crippen LogP contribution is 2.39. The summed E-state index contributed by atoms with van der Waals surface area (Å²) in [5.74, 6) is 0.205. The van der Waals surface area contributed by atoms with Gasteiger partial charge in [-0.25, -0.2) is 0 Å². The third-order valence-corrected chi connectivity index (χ3v) is 5.23. The van der Waals surface area contributed by atoms with Crippen molar-refractivity contribution < 1.29 is 9.84 Å². The molecular formula is C26H35N3O2. The molecule has 3 aromatic rings. The van der Waals surface area contributed by atoms with E-state index in [4.69, 9.17) is 4.74 Å². The van der Waals surface area contributed by atoms with Gasteiger partial charge in [0.2, 0.25) is 0 Å². The van der Waals surface area contributed by atoms with Gasteiger partial charge in [0.1, 0.15) is 22.5 Å². The molecule has 0 aliphatic rings. The second-order valence-electron chi connectivity index (χ2n) is 10.4. The first-order valence-electron chi connectivity index (χ1n) is 10.9. The van der Waals surface area contributed by atoms with Gasteiger partial charge in [0, 0.05) is 6.42 Å². The van der Waals surface area contributed by atoms with Crippen LogP contribution in [0.5, 0.6) is 5.75 Å². The van der Waals surface area contributed by atoms with Crippen molar-refractivity contribution in [2.75, 3.05) is 6.61 Å². The van der Waals surface area contributed by atoms with Crippen LogP contribution in [-0.2, 0) is 16.6 Å². The third-order valence-electron chi connectivity index (χ3n) is 5.23.